The van der Waals surface area contributed by atoms with E-state index in [0.29, 0.717) is 33.4 Å². The van der Waals surface area contributed by atoms with Crippen molar-refractivity contribution in [3.63, 3.8) is 0 Å². The van der Waals surface area contributed by atoms with Gasteiger partial charge >= 0.3 is 0 Å². The maximum atomic E-state index is 15.1. The second kappa shape index (κ2) is 9.21. The van der Waals surface area contributed by atoms with Gasteiger partial charge in [-0.1, -0.05) is 30.3 Å². The molecule has 36 heavy (non-hydrogen) atoms. The van der Waals surface area contributed by atoms with Gasteiger partial charge in [0, 0.05) is 53.3 Å². The minimum absolute atomic E-state index is 0.246. The predicted octanol–water partition coefficient (Wildman–Crippen LogP) is 5.90. The summed E-state index contributed by atoms with van der Waals surface area (Å²) >= 11 is 0. The van der Waals surface area contributed by atoms with E-state index in [1.54, 1.807) is 19.2 Å². The Hall–Kier alpha value is -4.03. The lowest BCUT2D eigenvalue weighted by atomic mass is 9.82. The summed E-state index contributed by atoms with van der Waals surface area (Å²) in [5.74, 6) is 1.18. The topological polar surface area (TPSA) is 51.2 Å². The molecule has 184 valence electrons. The van der Waals surface area contributed by atoms with Crippen molar-refractivity contribution < 1.29 is 23.7 Å². The third kappa shape index (κ3) is 3.84. The molecule has 6 heteroatoms. The first-order valence-electron chi connectivity index (χ1n) is 11.6. The lowest BCUT2D eigenvalue weighted by molar-refractivity contribution is 0.162. The van der Waals surface area contributed by atoms with E-state index in [1.807, 2.05) is 79.7 Å². The highest BCUT2D eigenvalue weighted by molar-refractivity contribution is 5.95. The standard InChI is InChI=1S/C30H28FNO4/c1-32(2)22-9-5-20(6-10-22)30(21-7-11-23(34-3)12-8-21)14-13-25-19(18-33)15-26-27(29(25)36-30)16-24(35-4)17-28(26)31/h5-17,33H,18H2,1-4H3. The molecule has 0 saturated heterocycles. The third-order valence-electron chi connectivity index (χ3n) is 6.74. The summed E-state index contributed by atoms with van der Waals surface area (Å²) in [6.45, 7) is -0.246. The van der Waals surface area contributed by atoms with Crippen LogP contribution in [-0.4, -0.2) is 33.4 Å². The van der Waals surface area contributed by atoms with Crippen LogP contribution in [0.25, 0.3) is 16.8 Å². The number of nitrogens with zero attached hydrogens (tertiary/aromatic N) is 1. The molecule has 1 aliphatic rings. The molecule has 1 N–H and O–H groups in total. The van der Waals surface area contributed by atoms with Crippen molar-refractivity contribution in [1.82, 2.24) is 0 Å². The molecule has 5 nitrogen and oxygen atoms in total. The molecule has 1 atom stereocenters. The first-order valence-corrected chi connectivity index (χ1v) is 11.6. The zero-order valence-electron chi connectivity index (χ0n) is 20.7. The smallest absolute Gasteiger partial charge is 0.178 e. The number of benzene rings is 4. The Balaban J connectivity index is 1.78. The summed E-state index contributed by atoms with van der Waals surface area (Å²) in [6, 6.07) is 20.6. The van der Waals surface area contributed by atoms with Crippen LogP contribution in [0.1, 0.15) is 22.3 Å². The monoisotopic (exact) mass is 485 g/mol. The molecule has 5 rings (SSSR count). The van der Waals surface area contributed by atoms with E-state index in [2.05, 4.69) is 0 Å². The fraction of sp³-hybridized carbons (Fsp3) is 0.200. The number of anilines is 1. The van der Waals surface area contributed by atoms with Crippen LogP contribution in [0.4, 0.5) is 10.1 Å². The fourth-order valence-electron chi connectivity index (χ4n) is 4.73. The average molecular weight is 486 g/mol. The molecule has 0 amide bonds. The molecule has 0 bridgehead atoms. The van der Waals surface area contributed by atoms with Crippen molar-refractivity contribution in [2.45, 2.75) is 12.2 Å². The number of methoxy groups -OCH3 is 2. The van der Waals surface area contributed by atoms with Crippen molar-refractivity contribution in [2.24, 2.45) is 0 Å². The van der Waals surface area contributed by atoms with Gasteiger partial charge in [0.15, 0.2) is 5.60 Å². The van der Waals surface area contributed by atoms with Gasteiger partial charge in [-0.05, 0) is 48.0 Å². The Bertz CT molecular complexity index is 1450. The Morgan fingerprint density at radius 3 is 2.08 bits per heavy atom. The summed E-state index contributed by atoms with van der Waals surface area (Å²) in [5.41, 5.74) is 3.16. The number of hydrogen-bond acceptors (Lipinski definition) is 5. The van der Waals surface area contributed by atoms with Gasteiger partial charge in [-0.15, -0.1) is 0 Å². The number of rotatable bonds is 6. The minimum Gasteiger partial charge on any atom is -0.497 e. The van der Waals surface area contributed by atoms with Crippen LogP contribution >= 0.6 is 0 Å². The number of aliphatic hydroxyl groups is 1. The minimum atomic E-state index is -0.995. The molecule has 0 fully saturated rings. The maximum Gasteiger partial charge on any atom is 0.178 e. The second-order valence-electron chi connectivity index (χ2n) is 8.98. The zero-order valence-corrected chi connectivity index (χ0v) is 20.7. The summed E-state index contributed by atoms with van der Waals surface area (Å²) in [4.78, 5) is 2.03. The first-order chi connectivity index (χ1) is 17.4. The SMILES string of the molecule is COc1ccc(C2(c3ccc(N(C)C)cc3)C=Cc3c(CO)cc4c(F)cc(OC)cc4c3O2)cc1. The Morgan fingerprint density at radius 2 is 1.50 bits per heavy atom. The number of halogens is 1. The summed E-state index contributed by atoms with van der Waals surface area (Å²) in [7, 11) is 7.12. The second-order valence-corrected chi connectivity index (χ2v) is 8.98. The van der Waals surface area contributed by atoms with Gasteiger partial charge in [0.1, 0.15) is 23.1 Å². The van der Waals surface area contributed by atoms with Crippen LogP contribution in [0.2, 0.25) is 0 Å². The van der Waals surface area contributed by atoms with E-state index in [1.165, 1.54) is 13.2 Å². The van der Waals surface area contributed by atoms with Crippen LogP contribution in [0.3, 0.4) is 0 Å². The molecule has 0 aromatic heterocycles. The highest BCUT2D eigenvalue weighted by atomic mass is 19.1. The molecule has 0 radical (unpaired) electrons. The van der Waals surface area contributed by atoms with E-state index < -0.39 is 11.4 Å². The number of ether oxygens (including phenoxy) is 3. The quantitative estimate of drug-likeness (QED) is 0.368. The van der Waals surface area contributed by atoms with Crippen molar-refractivity contribution >= 4 is 22.5 Å². The Morgan fingerprint density at radius 1 is 0.861 bits per heavy atom. The highest BCUT2D eigenvalue weighted by Gasteiger charge is 2.38. The number of aliphatic hydroxyl groups excluding tert-OH is 1. The van der Waals surface area contributed by atoms with Crippen LogP contribution in [-0.2, 0) is 12.2 Å². The Kier molecular flexibility index (Phi) is 6.06. The van der Waals surface area contributed by atoms with Gasteiger partial charge in [-0.3, -0.25) is 0 Å². The van der Waals surface area contributed by atoms with E-state index in [-0.39, 0.29) is 6.61 Å². The van der Waals surface area contributed by atoms with E-state index in [4.69, 9.17) is 14.2 Å². The van der Waals surface area contributed by atoms with Crippen molar-refractivity contribution in [3.05, 3.63) is 101 Å². The van der Waals surface area contributed by atoms with Crippen molar-refractivity contribution in [3.8, 4) is 17.2 Å². The zero-order chi connectivity index (χ0) is 25.4. The maximum absolute atomic E-state index is 15.1. The molecule has 4 aromatic rings. The third-order valence-corrected chi connectivity index (χ3v) is 6.74. The lowest BCUT2D eigenvalue weighted by Gasteiger charge is -2.37. The predicted molar refractivity (Wildman–Crippen MR) is 141 cm³/mol. The molecule has 0 aliphatic carbocycles. The van der Waals surface area contributed by atoms with Gasteiger partial charge in [0.05, 0.1) is 20.8 Å². The van der Waals surface area contributed by atoms with E-state index in [9.17, 15) is 5.11 Å². The molecule has 0 spiro atoms. The first kappa shape index (κ1) is 23.7. The highest BCUT2D eigenvalue weighted by Crippen LogP contribution is 2.47. The summed E-state index contributed by atoms with van der Waals surface area (Å²) < 4.78 is 32.7. The van der Waals surface area contributed by atoms with Crippen LogP contribution in [0.5, 0.6) is 17.2 Å². The van der Waals surface area contributed by atoms with Gasteiger partial charge in [-0.25, -0.2) is 4.39 Å². The van der Waals surface area contributed by atoms with Gasteiger partial charge < -0.3 is 24.2 Å². The van der Waals surface area contributed by atoms with E-state index >= 15 is 4.39 Å². The van der Waals surface area contributed by atoms with Crippen LogP contribution in [0.15, 0.2) is 72.8 Å². The normalized spacial score (nSPS) is 16.4. The van der Waals surface area contributed by atoms with Gasteiger partial charge in [0.2, 0.25) is 0 Å². The lowest BCUT2D eigenvalue weighted by Crippen LogP contribution is -2.34. The molecule has 1 aliphatic heterocycles. The molecular weight excluding hydrogens is 457 g/mol. The molecule has 0 saturated carbocycles. The molecular formula is C30H28FNO4. The number of fused-ring (bicyclic) bond motifs is 3. The molecule has 4 aromatic carbocycles. The fourth-order valence-corrected chi connectivity index (χ4v) is 4.73. The summed E-state index contributed by atoms with van der Waals surface area (Å²) in [6.07, 6.45) is 3.94. The Labute approximate surface area is 210 Å². The van der Waals surface area contributed by atoms with E-state index in [0.717, 1.165) is 22.6 Å². The number of hydrogen-bond donors (Lipinski definition) is 1. The molecule has 1 unspecified atom stereocenters. The van der Waals surface area contributed by atoms with Crippen molar-refractivity contribution in [2.75, 3.05) is 33.2 Å². The van der Waals surface area contributed by atoms with Crippen LogP contribution < -0.4 is 19.1 Å². The molecule has 1 heterocycles. The van der Waals surface area contributed by atoms with Gasteiger partial charge in [-0.2, -0.15) is 0 Å². The largest absolute Gasteiger partial charge is 0.497 e. The van der Waals surface area contributed by atoms with Gasteiger partial charge in [0.25, 0.3) is 0 Å². The average Bonchev–Trinajstić information content (AvgIpc) is 2.92. The van der Waals surface area contributed by atoms with Crippen molar-refractivity contribution in [1.29, 1.82) is 0 Å². The summed E-state index contributed by atoms with van der Waals surface area (Å²) in [5, 5.41) is 11.0. The van der Waals surface area contributed by atoms with Crippen LogP contribution in [0, 0.1) is 5.82 Å².